The van der Waals surface area contributed by atoms with E-state index in [1.54, 1.807) is 17.0 Å². The Morgan fingerprint density at radius 3 is 2.75 bits per heavy atom. The topological polar surface area (TPSA) is 108 Å². The van der Waals surface area contributed by atoms with Gasteiger partial charge >= 0.3 is 13.1 Å². The summed E-state index contributed by atoms with van der Waals surface area (Å²) in [5, 5.41) is 22.6. The van der Waals surface area contributed by atoms with Gasteiger partial charge in [-0.05, 0) is 56.2 Å². The van der Waals surface area contributed by atoms with E-state index in [-0.39, 0.29) is 29.1 Å². The third-order valence-electron chi connectivity index (χ3n) is 5.75. The molecular formula is C19H25BN2O6. The number of hydrogen-bond acceptors (Lipinski definition) is 6. The Balaban J connectivity index is 1.37. The summed E-state index contributed by atoms with van der Waals surface area (Å²) in [4.78, 5) is 25.9. The highest BCUT2D eigenvalue weighted by atomic mass is 16.5. The molecule has 3 heterocycles. The highest BCUT2D eigenvalue weighted by Crippen LogP contribution is 2.37. The number of nitrogens with zero attached hydrogens (tertiary/aromatic N) is 1. The van der Waals surface area contributed by atoms with Crippen LogP contribution in [0.5, 0.6) is 11.5 Å². The zero-order valence-corrected chi connectivity index (χ0v) is 15.7. The second kappa shape index (κ2) is 8.01. The number of likely N-dealkylation sites (tertiary alicyclic amines) is 1. The van der Waals surface area contributed by atoms with Crippen molar-refractivity contribution in [1.82, 2.24) is 10.2 Å². The molecule has 1 amide bonds. The van der Waals surface area contributed by atoms with E-state index in [1.807, 2.05) is 0 Å². The quantitative estimate of drug-likeness (QED) is 0.640. The van der Waals surface area contributed by atoms with E-state index in [9.17, 15) is 19.7 Å². The fourth-order valence-corrected chi connectivity index (χ4v) is 4.07. The molecule has 0 aliphatic carbocycles. The van der Waals surface area contributed by atoms with Crippen molar-refractivity contribution in [3.05, 3.63) is 23.3 Å². The molecule has 3 N–H and O–H groups in total. The lowest BCUT2D eigenvalue weighted by Gasteiger charge is -2.40. The van der Waals surface area contributed by atoms with Crippen LogP contribution >= 0.6 is 0 Å². The third kappa shape index (κ3) is 3.95. The molecule has 8 nitrogen and oxygen atoms in total. The Kier molecular flexibility index (Phi) is 5.46. The smallest absolute Gasteiger partial charge is 0.522 e. The van der Waals surface area contributed by atoms with E-state index in [4.69, 9.17) is 9.39 Å². The fourth-order valence-electron chi connectivity index (χ4n) is 4.07. The Morgan fingerprint density at radius 1 is 1.29 bits per heavy atom. The number of aromatic carboxylic acids is 1. The van der Waals surface area contributed by atoms with Gasteiger partial charge in [0.1, 0.15) is 23.2 Å². The lowest BCUT2D eigenvalue weighted by molar-refractivity contribution is -0.141. The SMILES string of the molecule is O=C(O)c1c(OC2CN(C(=O)CC3CCNCC3)C2)ccc2c1OB(O)CC2. The van der Waals surface area contributed by atoms with Gasteiger partial charge in [0, 0.05) is 6.42 Å². The Labute approximate surface area is 163 Å². The van der Waals surface area contributed by atoms with Crippen LogP contribution in [0.4, 0.5) is 0 Å². The van der Waals surface area contributed by atoms with Crippen LogP contribution in [0, 0.1) is 5.92 Å². The van der Waals surface area contributed by atoms with E-state index >= 15 is 0 Å². The van der Waals surface area contributed by atoms with Gasteiger partial charge in [0.05, 0.1) is 13.1 Å². The Morgan fingerprint density at radius 2 is 2.04 bits per heavy atom. The first kappa shape index (κ1) is 19.1. The molecule has 1 aromatic carbocycles. The lowest BCUT2D eigenvalue weighted by atomic mass is 9.78. The van der Waals surface area contributed by atoms with Crippen molar-refractivity contribution in [3.63, 3.8) is 0 Å². The molecule has 2 fully saturated rings. The van der Waals surface area contributed by atoms with E-state index in [0.29, 0.717) is 38.2 Å². The largest absolute Gasteiger partial charge is 0.535 e. The number of carboxylic acids is 1. The second-order valence-electron chi connectivity index (χ2n) is 7.78. The maximum atomic E-state index is 12.4. The minimum Gasteiger partial charge on any atom is -0.535 e. The molecular weight excluding hydrogens is 363 g/mol. The van der Waals surface area contributed by atoms with Crippen LogP contribution in [0.1, 0.15) is 35.2 Å². The molecule has 1 aromatic rings. The summed E-state index contributed by atoms with van der Waals surface area (Å²) in [6, 6.07) is 3.42. The zero-order chi connectivity index (χ0) is 19.7. The summed E-state index contributed by atoms with van der Waals surface area (Å²) in [6.45, 7) is 2.86. The van der Waals surface area contributed by atoms with Gasteiger partial charge in [-0.15, -0.1) is 0 Å². The van der Waals surface area contributed by atoms with Crippen molar-refractivity contribution in [3.8, 4) is 11.5 Å². The number of amides is 1. The van der Waals surface area contributed by atoms with E-state index in [2.05, 4.69) is 5.32 Å². The molecule has 4 rings (SSSR count). The number of ether oxygens (including phenoxy) is 1. The van der Waals surface area contributed by atoms with Crippen molar-refractivity contribution in [2.75, 3.05) is 26.2 Å². The van der Waals surface area contributed by atoms with Gasteiger partial charge in [-0.3, -0.25) is 4.79 Å². The van der Waals surface area contributed by atoms with Gasteiger partial charge in [0.2, 0.25) is 5.91 Å². The van der Waals surface area contributed by atoms with Crippen LogP contribution < -0.4 is 14.7 Å². The van der Waals surface area contributed by atoms with Gasteiger partial charge in [0.15, 0.2) is 0 Å². The van der Waals surface area contributed by atoms with Gasteiger partial charge < -0.3 is 29.7 Å². The van der Waals surface area contributed by atoms with E-state index in [0.717, 1.165) is 31.5 Å². The van der Waals surface area contributed by atoms with E-state index in [1.165, 1.54) is 0 Å². The van der Waals surface area contributed by atoms with Crippen LogP contribution in [-0.4, -0.2) is 66.3 Å². The summed E-state index contributed by atoms with van der Waals surface area (Å²) in [7, 11) is -1.01. The number of benzene rings is 1. The number of aryl methyl sites for hydroxylation is 1. The highest BCUT2D eigenvalue weighted by Gasteiger charge is 2.36. The average molecular weight is 388 g/mol. The van der Waals surface area contributed by atoms with Crippen LogP contribution in [0.15, 0.2) is 12.1 Å². The van der Waals surface area contributed by atoms with Gasteiger partial charge in [0.25, 0.3) is 0 Å². The number of piperidine rings is 1. The number of carbonyl (C=O) groups is 2. The van der Waals surface area contributed by atoms with Crippen molar-refractivity contribution in [2.24, 2.45) is 5.92 Å². The second-order valence-corrected chi connectivity index (χ2v) is 7.78. The maximum Gasteiger partial charge on any atom is 0.522 e. The predicted molar refractivity (Wildman–Crippen MR) is 102 cm³/mol. The van der Waals surface area contributed by atoms with Crippen LogP contribution in [0.2, 0.25) is 6.32 Å². The minimum absolute atomic E-state index is 0.0595. The summed E-state index contributed by atoms with van der Waals surface area (Å²) in [5.41, 5.74) is 0.693. The zero-order valence-electron chi connectivity index (χ0n) is 15.7. The summed E-state index contributed by atoms with van der Waals surface area (Å²) < 4.78 is 11.2. The van der Waals surface area contributed by atoms with Gasteiger partial charge in [-0.25, -0.2) is 4.79 Å². The summed E-state index contributed by atoms with van der Waals surface area (Å²) >= 11 is 0. The average Bonchev–Trinajstić information content (AvgIpc) is 2.64. The fraction of sp³-hybridized carbons (Fsp3) is 0.579. The summed E-state index contributed by atoms with van der Waals surface area (Å²) in [5.74, 6) is -0.171. The van der Waals surface area contributed by atoms with E-state index < -0.39 is 13.1 Å². The molecule has 2 saturated heterocycles. The minimum atomic E-state index is -1.15. The number of rotatable bonds is 5. The maximum absolute atomic E-state index is 12.4. The first-order chi connectivity index (χ1) is 13.5. The van der Waals surface area contributed by atoms with Gasteiger partial charge in [-0.1, -0.05) is 6.07 Å². The van der Waals surface area contributed by atoms with Crippen molar-refractivity contribution in [2.45, 2.75) is 38.1 Å². The number of hydrogen-bond donors (Lipinski definition) is 3. The van der Waals surface area contributed by atoms with Crippen molar-refractivity contribution < 1.29 is 29.1 Å². The molecule has 0 unspecified atom stereocenters. The molecule has 0 radical (unpaired) electrons. The van der Waals surface area contributed by atoms with Crippen molar-refractivity contribution in [1.29, 1.82) is 0 Å². The van der Waals surface area contributed by atoms with Gasteiger partial charge in [-0.2, -0.15) is 0 Å². The molecule has 9 heteroatoms. The molecule has 3 aliphatic heterocycles. The molecule has 0 bridgehead atoms. The normalized spacial score (nSPS) is 20.2. The molecule has 0 aromatic heterocycles. The lowest BCUT2D eigenvalue weighted by Crippen LogP contribution is -2.56. The first-order valence-corrected chi connectivity index (χ1v) is 9.90. The number of carbonyl (C=O) groups excluding carboxylic acids is 1. The van der Waals surface area contributed by atoms with Crippen LogP contribution in [-0.2, 0) is 11.2 Å². The molecule has 150 valence electrons. The molecule has 28 heavy (non-hydrogen) atoms. The Hall–Kier alpha value is -2.26. The Bertz CT molecular complexity index is 761. The summed E-state index contributed by atoms with van der Waals surface area (Å²) in [6.07, 6.45) is 3.38. The number of nitrogens with one attached hydrogen (secondary N) is 1. The molecule has 0 atom stereocenters. The molecule has 0 saturated carbocycles. The van der Waals surface area contributed by atoms with Crippen LogP contribution in [0.25, 0.3) is 0 Å². The van der Waals surface area contributed by atoms with Crippen molar-refractivity contribution >= 4 is 19.0 Å². The molecule has 3 aliphatic rings. The number of carboxylic acid groups (broad SMARTS) is 1. The monoisotopic (exact) mass is 388 g/mol. The standard InChI is InChI=1S/C19H25BN2O6/c23-16(9-12-4-7-21-8-5-12)22-10-14(11-22)27-15-2-1-13-3-6-20(26)28-18(13)17(15)19(24)25/h1-2,12,14,21,26H,3-11H2,(H,24,25). The number of fused-ring (bicyclic) bond motifs is 1. The third-order valence-corrected chi connectivity index (χ3v) is 5.75. The van der Waals surface area contributed by atoms with Crippen LogP contribution in [0.3, 0.4) is 0 Å². The predicted octanol–water partition coefficient (Wildman–Crippen LogP) is 0.779. The highest BCUT2D eigenvalue weighted by molar-refractivity contribution is 6.44. The molecule has 0 spiro atoms. The first-order valence-electron chi connectivity index (χ1n) is 9.90.